The highest BCUT2D eigenvalue weighted by Crippen LogP contribution is 2.24. The normalized spacial score (nSPS) is 11.0. The molecule has 0 unspecified atom stereocenters. The molecule has 0 aliphatic rings. The highest BCUT2D eigenvalue weighted by Gasteiger charge is 2.28. The summed E-state index contributed by atoms with van der Waals surface area (Å²) in [6, 6.07) is 5.81. The standard InChI is InChI=1S/C12H15NO4/c1-4-11(14)12(2,3)17-10-7-5-6-9(8-10)13(15)16/h5-8H,4H2,1-3H3. The molecule has 0 spiro atoms. The maximum absolute atomic E-state index is 11.6. The molecule has 0 aliphatic carbocycles. The highest BCUT2D eigenvalue weighted by molar-refractivity contribution is 5.86. The van der Waals surface area contributed by atoms with E-state index in [2.05, 4.69) is 0 Å². The van der Waals surface area contributed by atoms with Crippen LogP contribution in [0.3, 0.4) is 0 Å². The molecular formula is C12H15NO4. The van der Waals surface area contributed by atoms with Crippen molar-refractivity contribution in [3.63, 3.8) is 0 Å². The van der Waals surface area contributed by atoms with Gasteiger partial charge in [0.25, 0.3) is 5.69 Å². The number of hydrogen-bond acceptors (Lipinski definition) is 4. The molecule has 0 N–H and O–H groups in total. The third-order valence-electron chi connectivity index (χ3n) is 2.39. The Morgan fingerprint density at radius 1 is 1.47 bits per heavy atom. The predicted octanol–water partition coefficient (Wildman–Crippen LogP) is 2.73. The number of nitro groups is 1. The summed E-state index contributed by atoms with van der Waals surface area (Å²) in [5.74, 6) is 0.273. The average molecular weight is 237 g/mol. The molecule has 0 bridgehead atoms. The molecule has 92 valence electrons. The van der Waals surface area contributed by atoms with Gasteiger partial charge >= 0.3 is 0 Å². The van der Waals surface area contributed by atoms with E-state index in [0.29, 0.717) is 12.2 Å². The van der Waals surface area contributed by atoms with E-state index in [1.807, 2.05) is 0 Å². The van der Waals surface area contributed by atoms with Crippen LogP contribution in [0.5, 0.6) is 5.75 Å². The van der Waals surface area contributed by atoms with Crippen molar-refractivity contribution >= 4 is 11.5 Å². The minimum absolute atomic E-state index is 0.0518. The Kier molecular flexibility index (Phi) is 3.83. The smallest absolute Gasteiger partial charge is 0.273 e. The van der Waals surface area contributed by atoms with Gasteiger partial charge in [-0.2, -0.15) is 0 Å². The van der Waals surface area contributed by atoms with Gasteiger partial charge in [0.2, 0.25) is 0 Å². The van der Waals surface area contributed by atoms with Gasteiger partial charge in [-0.25, -0.2) is 0 Å². The number of hydrogen-bond donors (Lipinski definition) is 0. The largest absolute Gasteiger partial charge is 0.480 e. The van der Waals surface area contributed by atoms with E-state index >= 15 is 0 Å². The van der Waals surface area contributed by atoms with Crippen LogP contribution in [0, 0.1) is 10.1 Å². The van der Waals surface area contributed by atoms with E-state index in [0.717, 1.165) is 0 Å². The van der Waals surface area contributed by atoms with Crippen LogP contribution >= 0.6 is 0 Å². The van der Waals surface area contributed by atoms with Gasteiger partial charge in [-0.05, 0) is 19.9 Å². The van der Waals surface area contributed by atoms with Gasteiger partial charge in [0.1, 0.15) is 5.75 Å². The number of carbonyl (C=O) groups is 1. The van der Waals surface area contributed by atoms with E-state index in [4.69, 9.17) is 4.74 Å². The highest BCUT2D eigenvalue weighted by atomic mass is 16.6. The third kappa shape index (κ3) is 3.27. The zero-order valence-electron chi connectivity index (χ0n) is 10.1. The molecule has 1 rings (SSSR count). The molecule has 0 heterocycles. The van der Waals surface area contributed by atoms with Crippen molar-refractivity contribution in [2.75, 3.05) is 0 Å². The Balaban J connectivity index is 2.92. The average Bonchev–Trinajstić information content (AvgIpc) is 2.27. The van der Waals surface area contributed by atoms with Gasteiger partial charge in [0.15, 0.2) is 11.4 Å². The fourth-order valence-corrected chi connectivity index (χ4v) is 1.44. The predicted molar refractivity (Wildman–Crippen MR) is 63.1 cm³/mol. The van der Waals surface area contributed by atoms with Crippen LogP contribution in [-0.2, 0) is 4.79 Å². The lowest BCUT2D eigenvalue weighted by molar-refractivity contribution is -0.385. The first-order valence-electron chi connectivity index (χ1n) is 5.33. The van der Waals surface area contributed by atoms with Crippen molar-refractivity contribution in [3.05, 3.63) is 34.4 Å². The van der Waals surface area contributed by atoms with Crippen molar-refractivity contribution in [2.45, 2.75) is 32.8 Å². The Labute approximate surface area is 99.5 Å². The van der Waals surface area contributed by atoms with E-state index in [1.165, 1.54) is 18.2 Å². The van der Waals surface area contributed by atoms with Gasteiger partial charge in [-0.15, -0.1) is 0 Å². The summed E-state index contributed by atoms with van der Waals surface area (Å²) in [5, 5.41) is 10.6. The van der Waals surface area contributed by atoms with Crippen LogP contribution in [0.25, 0.3) is 0 Å². The summed E-state index contributed by atoms with van der Waals surface area (Å²) in [5.41, 5.74) is -1.02. The first-order valence-corrected chi connectivity index (χ1v) is 5.33. The number of nitro benzene ring substituents is 1. The molecule has 0 atom stereocenters. The number of benzene rings is 1. The lowest BCUT2D eigenvalue weighted by Gasteiger charge is -2.24. The van der Waals surface area contributed by atoms with Crippen molar-refractivity contribution in [1.29, 1.82) is 0 Å². The van der Waals surface area contributed by atoms with Crippen LogP contribution in [-0.4, -0.2) is 16.3 Å². The number of Topliss-reactive ketones (excluding diaryl/α,β-unsaturated/α-hetero) is 1. The Morgan fingerprint density at radius 2 is 2.12 bits per heavy atom. The summed E-state index contributed by atoms with van der Waals surface area (Å²) in [6.45, 7) is 5.05. The summed E-state index contributed by atoms with van der Waals surface area (Å²) in [4.78, 5) is 21.7. The molecule has 0 aromatic heterocycles. The third-order valence-corrected chi connectivity index (χ3v) is 2.39. The molecule has 17 heavy (non-hydrogen) atoms. The minimum Gasteiger partial charge on any atom is -0.480 e. The summed E-state index contributed by atoms with van der Waals surface area (Å²) in [7, 11) is 0. The summed E-state index contributed by atoms with van der Waals surface area (Å²) in [6.07, 6.45) is 0.363. The molecule has 0 saturated heterocycles. The van der Waals surface area contributed by atoms with Crippen LogP contribution in [0.4, 0.5) is 5.69 Å². The molecule has 1 aromatic carbocycles. The quantitative estimate of drug-likeness (QED) is 0.583. The molecule has 0 saturated carbocycles. The van der Waals surface area contributed by atoms with E-state index in [9.17, 15) is 14.9 Å². The van der Waals surface area contributed by atoms with Gasteiger partial charge in [-0.1, -0.05) is 13.0 Å². The zero-order valence-corrected chi connectivity index (χ0v) is 10.1. The van der Waals surface area contributed by atoms with Crippen molar-refractivity contribution < 1.29 is 14.5 Å². The summed E-state index contributed by atoms with van der Waals surface area (Å²) < 4.78 is 5.49. The first-order chi connectivity index (χ1) is 7.86. The fourth-order valence-electron chi connectivity index (χ4n) is 1.44. The maximum Gasteiger partial charge on any atom is 0.273 e. The second-order valence-corrected chi connectivity index (χ2v) is 4.14. The van der Waals surface area contributed by atoms with Gasteiger partial charge < -0.3 is 4.74 Å². The number of ether oxygens (including phenoxy) is 1. The van der Waals surface area contributed by atoms with Gasteiger partial charge in [-0.3, -0.25) is 14.9 Å². The fraction of sp³-hybridized carbons (Fsp3) is 0.417. The van der Waals surface area contributed by atoms with Crippen LogP contribution in [0.1, 0.15) is 27.2 Å². The Bertz CT molecular complexity index is 440. The number of rotatable bonds is 5. The molecule has 0 fully saturated rings. The van der Waals surface area contributed by atoms with Crippen LogP contribution in [0.15, 0.2) is 24.3 Å². The molecular weight excluding hydrogens is 222 g/mol. The number of ketones is 1. The van der Waals surface area contributed by atoms with Gasteiger partial charge in [0.05, 0.1) is 11.0 Å². The number of non-ortho nitro benzene ring substituents is 1. The Hall–Kier alpha value is -1.91. The van der Waals surface area contributed by atoms with E-state index in [1.54, 1.807) is 26.8 Å². The van der Waals surface area contributed by atoms with Crippen LogP contribution in [0.2, 0.25) is 0 Å². The second kappa shape index (κ2) is 4.95. The minimum atomic E-state index is -0.968. The van der Waals surface area contributed by atoms with E-state index < -0.39 is 10.5 Å². The molecule has 0 amide bonds. The lowest BCUT2D eigenvalue weighted by Crippen LogP contribution is -2.37. The lowest BCUT2D eigenvalue weighted by atomic mass is 10.0. The second-order valence-electron chi connectivity index (χ2n) is 4.14. The van der Waals surface area contributed by atoms with Crippen molar-refractivity contribution in [1.82, 2.24) is 0 Å². The topological polar surface area (TPSA) is 69.4 Å². The molecule has 5 heteroatoms. The summed E-state index contributed by atoms with van der Waals surface area (Å²) >= 11 is 0. The molecule has 5 nitrogen and oxygen atoms in total. The number of carbonyl (C=O) groups excluding carboxylic acids is 1. The van der Waals surface area contributed by atoms with E-state index in [-0.39, 0.29) is 11.5 Å². The molecule has 0 radical (unpaired) electrons. The molecule has 0 aliphatic heterocycles. The Morgan fingerprint density at radius 3 is 2.65 bits per heavy atom. The number of nitrogens with zero attached hydrogens (tertiary/aromatic N) is 1. The van der Waals surface area contributed by atoms with Crippen molar-refractivity contribution in [2.24, 2.45) is 0 Å². The zero-order chi connectivity index (χ0) is 13.1. The first kappa shape index (κ1) is 13.2. The SMILES string of the molecule is CCC(=O)C(C)(C)Oc1cccc([N+](=O)[O-])c1. The monoisotopic (exact) mass is 237 g/mol. The maximum atomic E-state index is 11.6. The van der Waals surface area contributed by atoms with Crippen molar-refractivity contribution in [3.8, 4) is 5.75 Å². The van der Waals surface area contributed by atoms with Crippen LogP contribution < -0.4 is 4.74 Å². The molecule has 1 aromatic rings. The van der Waals surface area contributed by atoms with Gasteiger partial charge in [0, 0.05) is 12.5 Å².